The van der Waals surface area contributed by atoms with Crippen molar-refractivity contribution in [1.29, 1.82) is 0 Å². The lowest BCUT2D eigenvalue weighted by Crippen LogP contribution is -2.19. The van der Waals surface area contributed by atoms with Gasteiger partial charge in [0.1, 0.15) is 5.69 Å². The molecular weight excluding hydrogens is 362 g/mol. The van der Waals surface area contributed by atoms with Gasteiger partial charge in [0.15, 0.2) is 0 Å². The summed E-state index contributed by atoms with van der Waals surface area (Å²) in [7, 11) is 0. The minimum Gasteiger partial charge on any atom is -0.267 e. The topological polar surface area (TPSA) is 72.2 Å². The van der Waals surface area contributed by atoms with Crippen molar-refractivity contribution in [3.63, 3.8) is 0 Å². The zero-order valence-corrected chi connectivity index (χ0v) is 15.9. The third-order valence-corrected chi connectivity index (χ3v) is 4.45. The fraction of sp³-hybridized carbons (Fsp3) is 0.0435. The summed E-state index contributed by atoms with van der Waals surface area (Å²) in [6.07, 6.45) is 5.10. The molecule has 6 heteroatoms. The molecule has 4 aromatic rings. The third-order valence-electron chi connectivity index (χ3n) is 4.45. The van der Waals surface area contributed by atoms with Gasteiger partial charge in [-0.05, 0) is 31.2 Å². The minimum atomic E-state index is -0.320. The predicted molar refractivity (Wildman–Crippen MR) is 113 cm³/mol. The molecule has 0 aliphatic heterocycles. The number of hydrogen-bond acceptors (Lipinski definition) is 4. The van der Waals surface area contributed by atoms with Gasteiger partial charge in [0.2, 0.25) is 0 Å². The number of nitrogens with zero attached hydrogens (tertiary/aromatic N) is 4. The number of amides is 1. The third kappa shape index (κ3) is 4.11. The zero-order chi connectivity index (χ0) is 20.1. The van der Waals surface area contributed by atoms with Gasteiger partial charge in [-0.2, -0.15) is 10.2 Å². The smallest absolute Gasteiger partial charge is 0.267 e. The Labute approximate surface area is 168 Å². The van der Waals surface area contributed by atoms with Crippen LogP contribution in [-0.4, -0.2) is 26.4 Å². The van der Waals surface area contributed by atoms with Crippen LogP contribution < -0.4 is 5.43 Å². The van der Waals surface area contributed by atoms with Gasteiger partial charge in [-0.1, -0.05) is 48.5 Å². The van der Waals surface area contributed by atoms with Crippen LogP contribution in [0.1, 0.15) is 22.8 Å². The minimum absolute atomic E-state index is 0.320. The van der Waals surface area contributed by atoms with Crippen LogP contribution in [0.15, 0.2) is 96.5 Å². The maximum atomic E-state index is 12.9. The van der Waals surface area contributed by atoms with Crippen molar-refractivity contribution in [2.24, 2.45) is 5.10 Å². The number of rotatable bonds is 5. The summed E-state index contributed by atoms with van der Waals surface area (Å²) in [6.45, 7) is 1.83. The molecule has 0 unspecified atom stereocenters. The molecule has 0 atom stereocenters. The van der Waals surface area contributed by atoms with Crippen molar-refractivity contribution in [2.45, 2.75) is 6.92 Å². The van der Waals surface area contributed by atoms with Crippen molar-refractivity contribution in [3.8, 4) is 16.9 Å². The second-order valence-corrected chi connectivity index (χ2v) is 6.41. The van der Waals surface area contributed by atoms with Gasteiger partial charge in [-0.3, -0.25) is 9.78 Å². The van der Waals surface area contributed by atoms with E-state index in [-0.39, 0.29) is 5.91 Å². The molecule has 29 heavy (non-hydrogen) atoms. The van der Waals surface area contributed by atoms with Gasteiger partial charge < -0.3 is 0 Å². The normalized spacial score (nSPS) is 11.3. The van der Waals surface area contributed by atoms with E-state index in [0.29, 0.717) is 17.0 Å². The van der Waals surface area contributed by atoms with Crippen LogP contribution in [0.25, 0.3) is 16.9 Å². The van der Waals surface area contributed by atoms with E-state index in [9.17, 15) is 4.79 Å². The van der Waals surface area contributed by atoms with Gasteiger partial charge in [0.25, 0.3) is 5.91 Å². The lowest BCUT2D eigenvalue weighted by atomic mass is 10.1. The molecule has 0 fully saturated rings. The first-order valence-electron chi connectivity index (χ1n) is 9.18. The Hall–Kier alpha value is -4.06. The molecule has 142 valence electrons. The number of para-hydroxylation sites is 1. The number of carbonyl (C=O) groups is 1. The van der Waals surface area contributed by atoms with E-state index < -0.39 is 0 Å². The molecule has 0 saturated heterocycles. The quantitative estimate of drug-likeness (QED) is 0.418. The Morgan fingerprint density at radius 3 is 2.28 bits per heavy atom. The average Bonchev–Trinajstić information content (AvgIpc) is 3.25. The SMILES string of the molecule is C/C(=N/NC(=O)c1cn(-c2ccccc2)nc1-c1ccccc1)c1ccncc1. The van der Waals surface area contributed by atoms with E-state index in [1.165, 1.54) is 0 Å². The molecule has 4 rings (SSSR count). The van der Waals surface area contributed by atoms with E-state index in [2.05, 4.69) is 20.6 Å². The fourth-order valence-corrected chi connectivity index (χ4v) is 2.91. The Kier molecular flexibility index (Phi) is 5.25. The Bertz CT molecular complexity index is 1140. The summed E-state index contributed by atoms with van der Waals surface area (Å²) in [4.78, 5) is 16.9. The van der Waals surface area contributed by atoms with E-state index in [1.54, 1.807) is 23.3 Å². The highest BCUT2D eigenvalue weighted by Crippen LogP contribution is 2.23. The van der Waals surface area contributed by atoms with Crippen LogP contribution in [0.4, 0.5) is 0 Å². The number of nitrogens with one attached hydrogen (secondary N) is 1. The molecule has 1 amide bonds. The van der Waals surface area contributed by atoms with E-state index in [0.717, 1.165) is 16.8 Å². The molecule has 6 nitrogen and oxygen atoms in total. The highest BCUT2D eigenvalue weighted by molar-refractivity contribution is 6.02. The molecule has 0 aliphatic rings. The highest BCUT2D eigenvalue weighted by atomic mass is 16.2. The lowest BCUT2D eigenvalue weighted by molar-refractivity contribution is 0.0955. The molecular formula is C23H19N5O. The van der Waals surface area contributed by atoms with Gasteiger partial charge in [-0.25, -0.2) is 10.1 Å². The number of pyridine rings is 1. The van der Waals surface area contributed by atoms with Crippen LogP contribution in [0.5, 0.6) is 0 Å². The first-order valence-corrected chi connectivity index (χ1v) is 9.18. The van der Waals surface area contributed by atoms with E-state index >= 15 is 0 Å². The van der Waals surface area contributed by atoms with Gasteiger partial charge in [0, 0.05) is 29.7 Å². The summed E-state index contributed by atoms with van der Waals surface area (Å²) in [6, 6.07) is 23.0. The van der Waals surface area contributed by atoms with E-state index in [1.807, 2.05) is 79.7 Å². The van der Waals surface area contributed by atoms with Crippen molar-refractivity contribution in [1.82, 2.24) is 20.2 Å². The van der Waals surface area contributed by atoms with Crippen molar-refractivity contribution < 1.29 is 4.79 Å². The standard InChI is InChI=1S/C23H19N5O/c1-17(18-12-14-24-15-13-18)25-26-23(29)21-16-28(20-10-6-3-7-11-20)27-22(21)19-8-4-2-5-9-19/h2-16H,1H3,(H,26,29)/b25-17-. The van der Waals surface area contributed by atoms with Gasteiger partial charge >= 0.3 is 0 Å². The number of aromatic nitrogens is 3. The number of benzene rings is 2. The van der Waals surface area contributed by atoms with Crippen molar-refractivity contribution in [2.75, 3.05) is 0 Å². The lowest BCUT2D eigenvalue weighted by Gasteiger charge is -2.03. The molecule has 0 spiro atoms. The Balaban J connectivity index is 1.68. The average molecular weight is 381 g/mol. The maximum Gasteiger partial charge on any atom is 0.275 e. The highest BCUT2D eigenvalue weighted by Gasteiger charge is 2.18. The van der Waals surface area contributed by atoms with Crippen LogP contribution >= 0.6 is 0 Å². The first kappa shape index (κ1) is 18.3. The monoisotopic (exact) mass is 381 g/mol. The Morgan fingerprint density at radius 1 is 0.931 bits per heavy atom. The van der Waals surface area contributed by atoms with Gasteiger partial charge in [-0.15, -0.1) is 0 Å². The van der Waals surface area contributed by atoms with Crippen LogP contribution in [-0.2, 0) is 0 Å². The summed E-state index contributed by atoms with van der Waals surface area (Å²) in [5.41, 5.74) is 7.02. The molecule has 0 radical (unpaired) electrons. The molecule has 0 aliphatic carbocycles. The molecule has 2 heterocycles. The van der Waals surface area contributed by atoms with E-state index in [4.69, 9.17) is 0 Å². The molecule has 2 aromatic carbocycles. The summed E-state index contributed by atoms with van der Waals surface area (Å²) >= 11 is 0. The van der Waals surface area contributed by atoms with Gasteiger partial charge in [0.05, 0.1) is 17.0 Å². The fourth-order valence-electron chi connectivity index (χ4n) is 2.91. The van der Waals surface area contributed by atoms with Crippen LogP contribution in [0.3, 0.4) is 0 Å². The largest absolute Gasteiger partial charge is 0.275 e. The van der Waals surface area contributed by atoms with Crippen molar-refractivity contribution in [3.05, 3.63) is 103 Å². The van der Waals surface area contributed by atoms with Crippen LogP contribution in [0.2, 0.25) is 0 Å². The second kappa shape index (κ2) is 8.31. The first-order chi connectivity index (χ1) is 14.2. The van der Waals surface area contributed by atoms with Crippen molar-refractivity contribution >= 4 is 11.6 Å². The summed E-state index contributed by atoms with van der Waals surface area (Å²) in [5.74, 6) is -0.320. The molecule has 0 saturated carbocycles. The number of hydrogen-bond donors (Lipinski definition) is 1. The predicted octanol–water partition coefficient (Wildman–Crippen LogP) is 4.09. The second-order valence-electron chi connectivity index (χ2n) is 6.41. The Morgan fingerprint density at radius 2 is 1.59 bits per heavy atom. The summed E-state index contributed by atoms with van der Waals surface area (Å²) < 4.78 is 1.71. The maximum absolute atomic E-state index is 12.9. The van der Waals surface area contributed by atoms with Crippen LogP contribution in [0, 0.1) is 0 Å². The zero-order valence-electron chi connectivity index (χ0n) is 15.9. The molecule has 2 aromatic heterocycles. The number of hydrazone groups is 1. The number of carbonyl (C=O) groups excluding carboxylic acids is 1. The molecule has 0 bridgehead atoms. The molecule has 1 N–H and O–H groups in total. The summed E-state index contributed by atoms with van der Waals surface area (Å²) in [5, 5.41) is 8.90.